The summed E-state index contributed by atoms with van der Waals surface area (Å²) in [6.07, 6.45) is 0.861. The van der Waals surface area contributed by atoms with Gasteiger partial charge in [-0.25, -0.2) is 0 Å². The van der Waals surface area contributed by atoms with Crippen molar-refractivity contribution in [3.05, 3.63) is 23.8 Å². The minimum atomic E-state index is -0.194. The van der Waals surface area contributed by atoms with Crippen LogP contribution in [0.4, 0.5) is 0 Å². The minimum Gasteiger partial charge on any atom is -0.508 e. The van der Waals surface area contributed by atoms with E-state index in [0.717, 1.165) is 17.7 Å². The number of phenolic OH excluding ortho intramolecular Hbond substituents is 1. The largest absolute Gasteiger partial charge is 0.508 e. The smallest absolute Gasteiger partial charge is 0.123 e. The van der Waals surface area contributed by atoms with Gasteiger partial charge in [0.05, 0.1) is 0 Å². The van der Waals surface area contributed by atoms with E-state index in [1.807, 2.05) is 33.8 Å². The van der Waals surface area contributed by atoms with Crippen LogP contribution in [0.15, 0.2) is 18.2 Å². The zero-order chi connectivity index (χ0) is 10.8. The Hall–Kier alpha value is -1.18. The lowest BCUT2D eigenvalue weighted by molar-refractivity contribution is 0.129. The number of ether oxygens (including phenoxy) is 1. The van der Waals surface area contributed by atoms with E-state index in [1.165, 1.54) is 0 Å². The predicted octanol–water partition coefficient (Wildman–Crippen LogP) is 3.13. The number of aryl methyl sites for hydroxylation is 1. The minimum absolute atomic E-state index is 0.194. The second-order valence-electron chi connectivity index (χ2n) is 4.36. The summed E-state index contributed by atoms with van der Waals surface area (Å²) in [6, 6.07) is 5.22. The van der Waals surface area contributed by atoms with Crippen LogP contribution >= 0.6 is 0 Å². The molecule has 0 aromatic heterocycles. The Bertz CT molecular complexity index is 311. The summed E-state index contributed by atoms with van der Waals surface area (Å²) < 4.78 is 5.77. The highest BCUT2D eigenvalue weighted by Gasteiger charge is 2.14. The van der Waals surface area contributed by atoms with E-state index in [0.29, 0.717) is 5.75 Å². The van der Waals surface area contributed by atoms with Crippen molar-refractivity contribution >= 4 is 0 Å². The molecule has 0 saturated carbocycles. The average Bonchev–Trinajstić information content (AvgIpc) is 2.06. The van der Waals surface area contributed by atoms with Crippen molar-refractivity contribution in [2.75, 3.05) is 0 Å². The lowest BCUT2D eigenvalue weighted by Gasteiger charge is -2.23. The van der Waals surface area contributed by atoms with Crippen LogP contribution in [0, 0.1) is 0 Å². The van der Waals surface area contributed by atoms with Crippen LogP contribution in [0.5, 0.6) is 11.5 Å². The summed E-state index contributed by atoms with van der Waals surface area (Å²) in [4.78, 5) is 0. The van der Waals surface area contributed by atoms with Gasteiger partial charge < -0.3 is 9.84 Å². The highest BCUT2D eigenvalue weighted by molar-refractivity contribution is 5.39. The first-order valence-corrected chi connectivity index (χ1v) is 4.93. The molecule has 2 heteroatoms. The van der Waals surface area contributed by atoms with Crippen molar-refractivity contribution in [2.45, 2.75) is 39.7 Å². The molecular formula is C12H18O2. The first kappa shape index (κ1) is 10.9. The predicted molar refractivity (Wildman–Crippen MR) is 57.9 cm³/mol. The summed E-state index contributed by atoms with van der Waals surface area (Å²) in [5.74, 6) is 1.15. The molecule has 0 unspecified atom stereocenters. The average molecular weight is 194 g/mol. The Morgan fingerprint density at radius 2 is 1.93 bits per heavy atom. The summed E-state index contributed by atoms with van der Waals surface area (Å²) >= 11 is 0. The van der Waals surface area contributed by atoms with Crippen LogP contribution in [0.25, 0.3) is 0 Å². The molecule has 0 spiro atoms. The van der Waals surface area contributed by atoms with E-state index < -0.39 is 0 Å². The van der Waals surface area contributed by atoms with Crippen LogP contribution in [0.3, 0.4) is 0 Å². The third-order valence-electron chi connectivity index (χ3n) is 1.84. The van der Waals surface area contributed by atoms with Crippen molar-refractivity contribution in [1.82, 2.24) is 0 Å². The fraction of sp³-hybridized carbons (Fsp3) is 0.500. The van der Waals surface area contributed by atoms with E-state index in [4.69, 9.17) is 4.74 Å². The summed E-state index contributed by atoms with van der Waals surface area (Å²) in [7, 11) is 0. The normalized spacial score (nSPS) is 11.4. The fourth-order valence-electron chi connectivity index (χ4n) is 1.27. The van der Waals surface area contributed by atoms with Crippen LogP contribution in [0.1, 0.15) is 33.3 Å². The number of aromatic hydroxyl groups is 1. The molecule has 0 heterocycles. The third-order valence-corrected chi connectivity index (χ3v) is 1.84. The lowest BCUT2D eigenvalue weighted by Crippen LogP contribution is -2.23. The molecule has 0 bridgehead atoms. The highest BCUT2D eigenvalue weighted by atomic mass is 16.5. The van der Waals surface area contributed by atoms with Crippen molar-refractivity contribution in [3.8, 4) is 11.5 Å². The molecule has 1 aromatic carbocycles. The maximum absolute atomic E-state index is 9.31. The molecule has 1 rings (SSSR count). The molecule has 1 N–H and O–H groups in total. The molecule has 0 fully saturated rings. The van der Waals surface area contributed by atoms with Gasteiger partial charge in [-0.1, -0.05) is 6.92 Å². The number of phenols is 1. The van der Waals surface area contributed by atoms with Crippen LogP contribution in [0.2, 0.25) is 0 Å². The van der Waals surface area contributed by atoms with Crippen LogP contribution < -0.4 is 4.74 Å². The molecule has 0 saturated heterocycles. The molecule has 0 amide bonds. The van der Waals surface area contributed by atoms with Crippen molar-refractivity contribution < 1.29 is 9.84 Å². The third kappa shape index (κ3) is 2.95. The van der Waals surface area contributed by atoms with Gasteiger partial charge in [0.2, 0.25) is 0 Å². The second kappa shape index (κ2) is 3.91. The van der Waals surface area contributed by atoms with E-state index in [1.54, 1.807) is 12.1 Å². The van der Waals surface area contributed by atoms with Crippen molar-refractivity contribution in [1.29, 1.82) is 0 Å². The van der Waals surface area contributed by atoms with E-state index in [2.05, 4.69) is 0 Å². The number of benzene rings is 1. The maximum atomic E-state index is 9.31. The standard InChI is InChI=1S/C12H18O2/c1-5-9-8-10(13)6-7-11(9)14-12(2,3)4/h6-8,13H,5H2,1-4H3. The van der Waals surface area contributed by atoms with Gasteiger partial charge in [-0.3, -0.25) is 0 Å². The lowest BCUT2D eigenvalue weighted by atomic mass is 10.1. The molecule has 14 heavy (non-hydrogen) atoms. The Morgan fingerprint density at radius 1 is 1.29 bits per heavy atom. The Kier molecular flexibility index (Phi) is 3.04. The monoisotopic (exact) mass is 194 g/mol. The molecule has 2 nitrogen and oxygen atoms in total. The van der Waals surface area contributed by atoms with E-state index >= 15 is 0 Å². The molecule has 0 aliphatic carbocycles. The summed E-state index contributed by atoms with van der Waals surface area (Å²) in [5.41, 5.74) is 0.848. The molecule has 0 aliphatic heterocycles. The van der Waals surface area contributed by atoms with E-state index in [-0.39, 0.29) is 5.60 Å². The van der Waals surface area contributed by atoms with Gasteiger partial charge >= 0.3 is 0 Å². The topological polar surface area (TPSA) is 29.5 Å². The Morgan fingerprint density at radius 3 is 2.43 bits per heavy atom. The Balaban J connectivity index is 2.97. The van der Waals surface area contributed by atoms with Gasteiger partial charge in [0, 0.05) is 0 Å². The summed E-state index contributed by atoms with van der Waals surface area (Å²) in [6.45, 7) is 8.09. The van der Waals surface area contributed by atoms with Gasteiger partial charge in [-0.15, -0.1) is 0 Å². The van der Waals surface area contributed by atoms with Crippen LogP contribution in [-0.4, -0.2) is 10.7 Å². The molecule has 78 valence electrons. The highest BCUT2D eigenvalue weighted by Crippen LogP contribution is 2.26. The molecule has 0 aliphatic rings. The van der Waals surface area contributed by atoms with Crippen molar-refractivity contribution in [2.24, 2.45) is 0 Å². The Labute approximate surface area is 85.5 Å². The summed E-state index contributed by atoms with van der Waals surface area (Å²) in [5, 5.41) is 9.31. The molecule has 0 atom stereocenters. The van der Waals surface area contributed by atoms with Gasteiger partial charge in [-0.2, -0.15) is 0 Å². The second-order valence-corrected chi connectivity index (χ2v) is 4.36. The molecule has 1 aromatic rings. The maximum Gasteiger partial charge on any atom is 0.123 e. The first-order valence-electron chi connectivity index (χ1n) is 4.93. The van der Waals surface area contributed by atoms with Gasteiger partial charge in [0.1, 0.15) is 17.1 Å². The molecular weight excluding hydrogens is 176 g/mol. The first-order chi connectivity index (χ1) is 6.42. The van der Waals surface area contributed by atoms with Crippen molar-refractivity contribution in [3.63, 3.8) is 0 Å². The zero-order valence-corrected chi connectivity index (χ0v) is 9.29. The van der Waals surface area contributed by atoms with Gasteiger partial charge in [0.25, 0.3) is 0 Å². The van der Waals surface area contributed by atoms with Gasteiger partial charge in [-0.05, 0) is 51.0 Å². The van der Waals surface area contributed by atoms with E-state index in [9.17, 15) is 5.11 Å². The molecule has 0 radical (unpaired) electrons. The number of rotatable bonds is 2. The number of hydrogen-bond donors (Lipinski definition) is 1. The van der Waals surface area contributed by atoms with Crippen LogP contribution in [-0.2, 0) is 6.42 Å². The fourth-order valence-corrected chi connectivity index (χ4v) is 1.27. The number of hydrogen-bond acceptors (Lipinski definition) is 2. The quantitative estimate of drug-likeness (QED) is 0.783. The zero-order valence-electron chi connectivity index (χ0n) is 9.29. The van der Waals surface area contributed by atoms with Gasteiger partial charge in [0.15, 0.2) is 0 Å². The SMILES string of the molecule is CCc1cc(O)ccc1OC(C)(C)C.